The number of likely N-dealkylation sites (N-methyl/N-ethyl adjacent to an activating group) is 1. The van der Waals surface area contributed by atoms with Crippen LogP contribution in [0.3, 0.4) is 0 Å². The van der Waals surface area contributed by atoms with Gasteiger partial charge in [0.05, 0.1) is 0 Å². The summed E-state index contributed by atoms with van der Waals surface area (Å²) < 4.78 is 6.32. The third kappa shape index (κ3) is 3.24. The van der Waals surface area contributed by atoms with Crippen molar-refractivity contribution in [2.75, 3.05) is 13.7 Å². The minimum Gasteiger partial charge on any atom is -0.479 e. The second-order valence-electron chi connectivity index (χ2n) is 4.55. The molecule has 0 saturated heterocycles. The van der Waals surface area contributed by atoms with Gasteiger partial charge in [-0.15, -0.1) is 0 Å². The standard InChI is InChI=1S/C14H20N2O5/c1-4-14(5-2,13(19)20)16-8-6-7-10(12(16)18)21-9-11(17)15-3/h6-8H,4-5,9H2,1-3H3,(H,15,17)(H,19,20). The predicted molar refractivity (Wildman–Crippen MR) is 76.5 cm³/mol. The molecule has 0 aromatic carbocycles. The van der Waals surface area contributed by atoms with E-state index in [0.717, 1.165) is 4.57 Å². The molecule has 2 N–H and O–H groups in total. The summed E-state index contributed by atoms with van der Waals surface area (Å²) in [5, 5.41) is 11.9. The minimum absolute atomic E-state index is 0.0476. The average Bonchev–Trinajstić information content (AvgIpc) is 2.48. The highest BCUT2D eigenvalue weighted by molar-refractivity contribution is 5.77. The van der Waals surface area contributed by atoms with Gasteiger partial charge < -0.3 is 15.2 Å². The number of aromatic nitrogens is 1. The van der Waals surface area contributed by atoms with Gasteiger partial charge in [0.15, 0.2) is 12.4 Å². The molecule has 0 saturated carbocycles. The Balaban J connectivity index is 3.24. The van der Waals surface area contributed by atoms with Crippen LogP contribution in [0.5, 0.6) is 5.75 Å². The molecule has 0 aliphatic carbocycles. The topological polar surface area (TPSA) is 97.6 Å². The molecule has 1 rings (SSSR count). The summed E-state index contributed by atoms with van der Waals surface area (Å²) in [6.45, 7) is 3.12. The number of nitrogens with one attached hydrogen (secondary N) is 1. The van der Waals surface area contributed by atoms with Crippen LogP contribution in [0.4, 0.5) is 0 Å². The molecule has 0 spiro atoms. The number of hydrogen-bond donors (Lipinski definition) is 2. The van der Waals surface area contributed by atoms with Crippen molar-refractivity contribution in [1.29, 1.82) is 0 Å². The van der Waals surface area contributed by atoms with Gasteiger partial charge in [-0.3, -0.25) is 14.2 Å². The van der Waals surface area contributed by atoms with Gasteiger partial charge in [0.25, 0.3) is 11.5 Å². The van der Waals surface area contributed by atoms with E-state index in [1.807, 2.05) is 0 Å². The molecule has 1 heterocycles. The number of hydrogen-bond acceptors (Lipinski definition) is 4. The summed E-state index contributed by atoms with van der Waals surface area (Å²) in [6, 6.07) is 2.95. The van der Waals surface area contributed by atoms with E-state index in [1.54, 1.807) is 13.8 Å². The van der Waals surface area contributed by atoms with E-state index >= 15 is 0 Å². The molecule has 0 radical (unpaired) electrons. The van der Waals surface area contributed by atoms with Gasteiger partial charge in [0.2, 0.25) is 0 Å². The number of rotatable bonds is 7. The van der Waals surface area contributed by atoms with E-state index in [4.69, 9.17) is 4.74 Å². The molecular formula is C14H20N2O5. The Kier molecular flexibility index (Phi) is 5.52. The third-order valence-electron chi connectivity index (χ3n) is 3.58. The lowest BCUT2D eigenvalue weighted by Crippen LogP contribution is -2.46. The van der Waals surface area contributed by atoms with Gasteiger partial charge in [-0.1, -0.05) is 13.8 Å². The number of pyridine rings is 1. The number of nitrogens with zero attached hydrogens (tertiary/aromatic N) is 1. The maximum absolute atomic E-state index is 12.4. The van der Waals surface area contributed by atoms with Crippen molar-refractivity contribution in [1.82, 2.24) is 9.88 Å². The molecule has 0 fully saturated rings. The second kappa shape index (κ2) is 6.92. The summed E-state index contributed by atoms with van der Waals surface area (Å²) in [6.07, 6.45) is 1.95. The molecule has 7 nitrogen and oxygen atoms in total. The Hall–Kier alpha value is -2.31. The molecular weight excluding hydrogens is 276 g/mol. The monoisotopic (exact) mass is 296 g/mol. The molecule has 0 unspecified atom stereocenters. The summed E-state index contributed by atoms with van der Waals surface area (Å²) in [4.78, 5) is 35.1. The van der Waals surface area contributed by atoms with Crippen LogP contribution in [-0.4, -0.2) is 35.2 Å². The van der Waals surface area contributed by atoms with E-state index in [1.165, 1.54) is 25.4 Å². The first-order valence-electron chi connectivity index (χ1n) is 6.71. The van der Waals surface area contributed by atoms with E-state index in [0.29, 0.717) is 0 Å². The largest absolute Gasteiger partial charge is 0.479 e. The Labute approximate surface area is 122 Å². The average molecular weight is 296 g/mol. The molecule has 1 aromatic heterocycles. The van der Waals surface area contributed by atoms with Crippen molar-refractivity contribution < 1.29 is 19.4 Å². The quantitative estimate of drug-likeness (QED) is 0.766. The summed E-state index contributed by atoms with van der Waals surface area (Å²) in [5.74, 6) is -1.49. The van der Waals surface area contributed by atoms with Crippen LogP contribution in [0.1, 0.15) is 26.7 Å². The fourth-order valence-electron chi connectivity index (χ4n) is 2.13. The number of carbonyl (C=O) groups is 2. The highest BCUT2D eigenvalue weighted by Crippen LogP contribution is 2.24. The number of amides is 1. The van der Waals surface area contributed by atoms with Crippen LogP contribution in [0.15, 0.2) is 23.1 Å². The molecule has 0 atom stereocenters. The number of carbonyl (C=O) groups excluding carboxylic acids is 1. The summed E-state index contributed by atoms with van der Waals surface area (Å²) in [7, 11) is 1.46. The van der Waals surface area contributed by atoms with Crippen molar-refractivity contribution in [2.45, 2.75) is 32.2 Å². The molecule has 1 amide bonds. The molecule has 1 aromatic rings. The second-order valence-corrected chi connectivity index (χ2v) is 4.55. The van der Waals surface area contributed by atoms with Crippen molar-refractivity contribution >= 4 is 11.9 Å². The lowest BCUT2D eigenvalue weighted by Gasteiger charge is -2.29. The lowest BCUT2D eigenvalue weighted by molar-refractivity contribution is -0.148. The van der Waals surface area contributed by atoms with Crippen molar-refractivity contribution in [2.24, 2.45) is 0 Å². The highest BCUT2D eigenvalue weighted by atomic mass is 16.5. The van der Waals surface area contributed by atoms with Gasteiger partial charge >= 0.3 is 5.97 Å². The van der Waals surface area contributed by atoms with Crippen LogP contribution < -0.4 is 15.6 Å². The first-order valence-corrected chi connectivity index (χ1v) is 6.71. The molecule has 116 valence electrons. The first kappa shape index (κ1) is 16.7. The van der Waals surface area contributed by atoms with E-state index in [2.05, 4.69) is 5.32 Å². The smallest absolute Gasteiger partial charge is 0.329 e. The zero-order valence-corrected chi connectivity index (χ0v) is 12.4. The van der Waals surface area contributed by atoms with Gasteiger partial charge in [-0.25, -0.2) is 4.79 Å². The van der Waals surface area contributed by atoms with E-state index < -0.39 is 17.1 Å². The number of carboxylic acid groups (broad SMARTS) is 1. The molecule has 7 heteroatoms. The SMILES string of the molecule is CCC(CC)(C(=O)O)n1cccc(OCC(=O)NC)c1=O. The zero-order chi connectivity index (χ0) is 16.0. The van der Waals surface area contributed by atoms with Crippen LogP contribution in [-0.2, 0) is 15.1 Å². The fraction of sp³-hybridized carbons (Fsp3) is 0.500. The minimum atomic E-state index is -1.32. The Bertz CT molecular complexity index is 575. The number of ether oxygens (including phenoxy) is 1. The van der Waals surface area contributed by atoms with Gasteiger partial charge in [-0.05, 0) is 25.0 Å². The van der Waals surface area contributed by atoms with Crippen LogP contribution >= 0.6 is 0 Å². The molecule has 21 heavy (non-hydrogen) atoms. The highest BCUT2D eigenvalue weighted by Gasteiger charge is 2.38. The van der Waals surface area contributed by atoms with Crippen LogP contribution in [0.2, 0.25) is 0 Å². The summed E-state index contributed by atoms with van der Waals surface area (Å²) >= 11 is 0. The van der Waals surface area contributed by atoms with Gasteiger partial charge in [0.1, 0.15) is 5.54 Å². The van der Waals surface area contributed by atoms with Crippen molar-refractivity contribution in [3.63, 3.8) is 0 Å². The molecule has 0 bridgehead atoms. The van der Waals surface area contributed by atoms with E-state index in [-0.39, 0.29) is 31.1 Å². The summed E-state index contributed by atoms with van der Waals surface area (Å²) in [5.41, 5.74) is -1.88. The van der Waals surface area contributed by atoms with Crippen molar-refractivity contribution in [3.8, 4) is 5.75 Å². The van der Waals surface area contributed by atoms with Crippen LogP contribution in [0, 0.1) is 0 Å². The van der Waals surface area contributed by atoms with Gasteiger partial charge in [-0.2, -0.15) is 0 Å². The predicted octanol–water partition coefficient (Wildman–Crippen LogP) is 0.573. The zero-order valence-electron chi connectivity index (χ0n) is 12.4. The molecule has 0 aliphatic heterocycles. The number of carboxylic acids is 1. The lowest BCUT2D eigenvalue weighted by atomic mass is 9.92. The number of aliphatic carboxylic acids is 1. The Morgan fingerprint density at radius 2 is 2.00 bits per heavy atom. The Morgan fingerprint density at radius 3 is 2.48 bits per heavy atom. The van der Waals surface area contributed by atoms with Crippen molar-refractivity contribution in [3.05, 3.63) is 28.7 Å². The maximum Gasteiger partial charge on any atom is 0.329 e. The normalized spacial score (nSPS) is 11.0. The third-order valence-corrected chi connectivity index (χ3v) is 3.58. The van der Waals surface area contributed by atoms with Gasteiger partial charge in [0, 0.05) is 13.2 Å². The van der Waals surface area contributed by atoms with E-state index in [9.17, 15) is 19.5 Å². The fourth-order valence-corrected chi connectivity index (χ4v) is 2.13. The molecule has 0 aliphatic rings. The maximum atomic E-state index is 12.4. The van der Waals surface area contributed by atoms with Crippen LogP contribution in [0.25, 0.3) is 0 Å². The Morgan fingerprint density at radius 1 is 1.38 bits per heavy atom. The first-order chi connectivity index (χ1) is 9.92.